The first kappa shape index (κ1) is 19.6. The van der Waals surface area contributed by atoms with Crippen LogP contribution in [-0.4, -0.2) is 30.4 Å². The van der Waals surface area contributed by atoms with Gasteiger partial charge in [-0.25, -0.2) is 9.69 Å². The van der Waals surface area contributed by atoms with E-state index in [9.17, 15) is 14.4 Å². The van der Waals surface area contributed by atoms with Crippen LogP contribution in [0.2, 0.25) is 0 Å². The summed E-state index contributed by atoms with van der Waals surface area (Å²) in [5.74, 6) is -1.33. The van der Waals surface area contributed by atoms with E-state index in [2.05, 4.69) is 37.1 Å². The Morgan fingerprint density at radius 2 is 1.70 bits per heavy atom. The molecule has 2 aliphatic heterocycles. The van der Waals surface area contributed by atoms with Crippen LogP contribution in [0.3, 0.4) is 0 Å². The summed E-state index contributed by atoms with van der Waals surface area (Å²) in [5.41, 5.74) is 4.21. The Morgan fingerprint density at radius 1 is 1.00 bits per heavy atom. The first-order valence-electron chi connectivity index (χ1n) is 9.73. The van der Waals surface area contributed by atoms with Crippen LogP contribution < -0.4 is 15.1 Å². The van der Waals surface area contributed by atoms with Crippen molar-refractivity contribution in [3.63, 3.8) is 0 Å². The van der Waals surface area contributed by atoms with E-state index in [0.717, 1.165) is 27.3 Å². The zero-order chi connectivity index (χ0) is 21.6. The first-order chi connectivity index (χ1) is 14.2. The van der Waals surface area contributed by atoms with Crippen LogP contribution >= 0.6 is 0 Å². The highest BCUT2D eigenvalue weighted by molar-refractivity contribution is 6.39. The smallest absolute Gasteiger partial charge is 0.335 e. The van der Waals surface area contributed by atoms with Gasteiger partial charge in [0.2, 0.25) is 0 Å². The van der Waals surface area contributed by atoms with Crippen molar-refractivity contribution in [2.75, 3.05) is 16.8 Å². The van der Waals surface area contributed by atoms with E-state index in [4.69, 9.17) is 0 Å². The molecule has 2 aromatic carbocycles. The van der Waals surface area contributed by atoms with E-state index < -0.39 is 17.8 Å². The van der Waals surface area contributed by atoms with Gasteiger partial charge in [-0.3, -0.25) is 14.9 Å². The van der Waals surface area contributed by atoms with Gasteiger partial charge in [-0.15, -0.1) is 0 Å². The predicted octanol–water partition coefficient (Wildman–Crippen LogP) is 3.98. The molecule has 2 aromatic rings. The van der Waals surface area contributed by atoms with Gasteiger partial charge >= 0.3 is 6.03 Å². The normalized spacial score (nSPS) is 19.5. The van der Waals surface area contributed by atoms with Gasteiger partial charge in [0.15, 0.2) is 0 Å². The molecule has 0 atom stereocenters. The van der Waals surface area contributed by atoms with Crippen molar-refractivity contribution in [1.29, 1.82) is 0 Å². The highest BCUT2D eigenvalue weighted by Gasteiger charge is 2.37. The summed E-state index contributed by atoms with van der Waals surface area (Å²) in [7, 11) is 2.04. The summed E-state index contributed by atoms with van der Waals surface area (Å²) in [6.07, 6.45) is 3.73. The van der Waals surface area contributed by atoms with Crippen LogP contribution in [0.25, 0.3) is 11.6 Å². The maximum absolute atomic E-state index is 13.0. The lowest BCUT2D eigenvalue weighted by Crippen LogP contribution is -2.54. The van der Waals surface area contributed by atoms with Crippen molar-refractivity contribution in [2.45, 2.75) is 26.3 Å². The Morgan fingerprint density at radius 3 is 2.40 bits per heavy atom. The number of allylic oxidation sites excluding steroid dienone is 1. The molecule has 0 radical (unpaired) electrons. The number of hydrogen-bond acceptors (Lipinski definition) is 4. The molecule has 1 saturated heterocycles. The standard InChI is InChI=1S/C24H23N3O3/c1-15-14-24(2,3)26(4)20-11-10-16(12-18(15)20)13-19-21(28)25-23(30)27(22(19)29)17-8-6-5-7-9-17/h5-14H,1-4H3,(H,25,28,30)/b19-13-. The summed E-state index contributed by atoms with van der Waals surface area (Å²) in [6.45, 7) is 6.35. The number of urea groups is 1. The van der Waals surface area contributed by atoms with Gasteiger partial charge in [0.25, 0.3) is 11.8 Å². The number of fused-ring (bicyclic) bond motifs is 1. The third-order valence-corrected chi connectivity index (χ3v) is 5.67. The fraction of sp³-hybridized carbons (Fsp3) is 0.208. The van der Waals surface area contributed by atoms with Crippen molar-refractivity contribution < 1.29 is 14.4 Å². The summed E-state index contributed by atoms with van der Waals surface area (Å²) >= 11 is 0. The molecule has 0 saturated carbocycles. The molecule has 2 heterocycles. The van der Waals surface area contributed by atoms with E-state index in [1.165, 1.54) is 6.08 Å². The molecular formula is C24H23N3O3. The highest BCUT2D eigenvalue weighted by Crippen LogP contribution is 2.38. The fourth-order valence-corrected chi connectivity index (χ4v) is 3.90. The van der Waals surface area contributed by atoms with Gasteiger partial charge < -0.3 is 4.90 Å². The lowest BCUT2D eigenvalue weighted by Gasteiger charge is -2.40. The molecular weight excluding hydrogens is 378 g/mol. The minimum Gasteiger partial charge on any atom is -0.366 e. The molecule has 0 unspecified atom stereocenters. The first-order valence-corrected chi connectivity index (χ1v) is 9.73. The number of amides is 4. The molecule has 1 fully saturated rings. The maximum Gasteiger partial charge on any atom is 0.335 e. The highest BCUT2D eigenvalue weighted by atomic mass is 16.2. The Kier molecular flexibility index (Phi) is 4.57. The minimum atomic E-state index is -0.749. The monoisotopic (exact) mass is 401 g/mol. The van der Waals surface area contributed by atoms with Crippen LogP contribution in [0.1, 0.15) is 31.9 Å². The zero-order valence-corrected chi connectivity index (χ0v) is 17.4. The number of likely N-dealkylation sites (N-methyl/N-ethyl adjacent to an activating group) is 1. The van der Waals surface area contributed by atoms with Crippen LogP contribution in [-0.2, 0) is 9.59 Å². The average molecular weight is 401 g/mol. The molecule has 152 valence electrons. The van der Waals surface area contributed by atoms with Crippen LogP contribution in [0.15, 0.2) is 60.2 Å². The molecule has 2 aliphatic rings. The van der Waals surface area contributed by atoms with Gasteiger partial charge in [0.1, 0.15) is 5.57 Å². The van der Waals surface area contributed by atoms with E-state index in [1.807, 2.05) is 25.2 Å². The molecule has 30 heavy (non-hydrogen) atoms. The SMILES string of the molecule is CC1=CC(C)(C)N(C)c2ccc(/C=C3/C(=O)NC(=O)N(c4ccccc4)C3=O)cc21. The second kappa shape index (κ2) is 6.99. The third kappa shape index (κ3) is 3.20. The van der Waals surface area contributed by atoms with Crippen molar-refractivity contribution in [1.82, 2.24) is 5.32 Å². The van der Waals surface area contributed by atoms with Crippen molar-refractivity contribution in [3.8, 4) is 0 Å². The molecule has 1 N–H and O–H groups in total. The van der Waals surface area contributed by atoms with Gasteiger partial charge in [-0.1, -0.05) is 30.3 Å². The molecule has 0 bridgehead atoms. The van der Waals surface area contributed by atoms with E-state index in [0.29, 0.717) is 5.69 Å². The predicted molar refractivity (Wildman–Crippen MR) is 118 cm³/mol. The Balaban J connectivity index is 1.74. The lowest BCUT2D eigenvalue weighted by atomic mass is 9.88. The topological polar surface area (TPSA) is 69.7 Å². The fourth-order valence-electron chi connectivity index (χ4n) is 3.90. The van der Waals surface area contributed by atoms with Gasteiger partial charge in [-0.05, 0) is 62.2 Å². The number of nitrogens with one attached hydrogen (secondary N) is 1. The van der Waals surface area contributed by atoms with Gasteiger partial charge in [0.05, 0.1) is 11.2 Å². The number of anilines is 2. The van der Waals surface area contributed by atoms with Gasteiger partial charge in [0, 0.05) is 18.3 Å². The molecule has 0 spiro atoms. The number of carbonyl (C=O) groups excluding carboxylic acids is 3. The average Bonchev–Trinajstić information content (AvgIpc) is 2.70. The molecule has 6 heteroatoms. The zero-order valence-electron chi connectivity index (χ0n) is 17.4. The number of nitrogens with zero attached hydrogens (tertiary/aromatic N) is 2. The summed E-state index contributed by atoms with van der Waals surface area (Å²) < 4.78 is 0. The summed E-state index contributed by atoms with van der Waals surface area (Å²) in [5, 5.41) is 2.26. The number of hydrogen-bond donors (Lipinski definition) is 1. The van der Waals surface area contributed by atoms with E-state index >= 15 is 0 Å². The molecule has 0 aliphatic carbocycles. The second-order valence-electron chi connectivity index (χ2n) is 8.11. The second-order valence-corrected chi connectivity index (χ2v) is 8.11. The Bertz CT molecular complexity index is 1130. The Hall–Kier alpha value is -3.67. The molecule has 4 rings (SSSR count). The van der Waals surface area contributed by atoms with E-state index in [-0.39, 0.29) is 11.1 Å². The minimum absolute atomic E-state index is 0.0791. The number of para-hydroxylation sites is 1. The molecule has 6 nitrogen and oxygen atoms in total. The van der Waals surface area contributed by atoms with Gasteiger partial charge in [-0.2, -0.15) is 0 Å². The lowest BCUT2D eigenvalue weighted by molar-refractivity contribution is -0.122. The van der Waals surface area contributed by atoms with Crippen LogP contribution in [0, 0.1) is 0 Å². The largest absolute Gasteiger partial charge is 0.366 e. The molecule has 4 amide bonds. The summed E-state index contributed by atoms with van der Waals surface area (Å²) in [6, 6.07) is 13.6. The number of imide groups is 2. The molecule has 0 aromatic heterocycles. The number of carbonyl (C=O) groups is 3. The Labute approximate surface area is 175 Å². The van der Waals surface area contributed by atoms with Crippen molar-refractivity contribution >= 4 is 40.9 Å². The number of rotatable bonds is 2. The third-order valence-electron chi connectivity index (χ3n) is 5.67. The maximum atomic E-state index is 13.0. The quantitative estimate of drug-likeness (QED) is 0.610. The number of benzene rings is 2. The van der Waals surface area contributed by atoms with E-state index in [1.54, 1.807) is 30.3 Å². The van der Waals surface area contributed by atoms with Crippen molar-refractivity contribution in [3.05, 3.63) is 71.3 Å². The van der Waals surface area contributed by atoms with Crippen LogP contribution in [0.4, 0.5) is 16.2 Å². The number of barbiturate groups is 1. The van der Waals surface area contributed by atoms with Crippen LogP contribution in [0.5, 0.6) is 0 Å². The summed E-state index contributed by atoms with van der Waals surface area (Å²) in [4.78, 5) is 40.9. The van der Waals surface area contributed by atoms with Crippen molar-refractivity contribution in [2.24, 2.45) is 0 Å².